The van der Waals surface area contributed by atoms with Crippen LogP contribution < -0.4 is 5.73 Å². The van der Waals surface area contributed by atoms with Crippen molar-refractivity contribution in [2.24, 2.45) is 5.92 Å². The van der Waals surface area contributed by atoms with Crippen molar-refractivity contribution < 1.29 is 14.8 Å². The van der Waals surface area contributed by atoms with E-state index >= 15 is 0 Å². The van der Waals surface area contributed by atoms with Gasteiger partial charge in [0.2, 0.25) is 0 Å². The number of hydrogen-bond donors (Lipinski definition) is 2. The van der Waals surface area contributed by atoms with Gasteiger partial charge in [-0.05, 0) is 17.9 Å². The number of carboxylic acid groups (broad SMARTS) is 1. The normalized spacial score (nSPS) is 13.6. The van der Waals surface area contributed by atoms with E-state index in [0.29, 0.717) is 5.56 Å². The van der Waals surface area contributed by atoms with E-state index in [1.165, 1.54) is 12.1 Å². The predicted molar refractivity (Wildman–Crippen MR) is 81.2 cm³/mol. The number of anilines is 1. The van der Waals surface area contributed by atoms with Crippen molar-refractivity contribution in [3.8, 4) is 0 Å². The average molecular weight is 294 g/mol. The van der Waals surface area contributed by atoms with Gasteiger partial charge in [0.15, 0.2) is 0 Å². The van der Waals surface area contributed by atoms with Gasteiger partial charge in [0, 0.05) is 6.07 Å². The zero-order valence-electron chi connectivity index (χ0n) is 12.4. The summed E-state index contributed by atoms with van der Waals surface area (Å²) in [6.45, 7) is 3.94. The van der Waals surface area contributed by atoms with Crippen molar-refractivity contribution in [1.82, 2.24) is 0 Å². The molecule has 0 aliphatic rings. The number of rotatable bonds is 8. The monoisotopic (exact) mass is 294 g/mol. The Kier molecular flexibility index (Phi) is 6.14. The van der Waals surface area contributed by atoms with Gasteiger partial charge in [-0.15, -0.1) is 0 Å². The van der Waals surface area contributed by atoms with E-state index in [0.717, 1.165) is 25.7 Å². The first-order valence-electron chi connectivity index (χ1n) is 7.15. The van der Waals surface area contributed by atoms with Crippen LogP contribution in [0.2, 0.25) is 0 Å². The Hall–Kier alpha value is -2.11. The SMILES string of the molecule is CCCCCC(C)C(C(=O)O)c1cccc([N+](=O)[O-])c1N. The molecule has 0 bridgehead atoms. The van der Waals surface area contributed by atoms with Crippen molar-refractivity contribution in [2.75, 3.05) is 5.73 Å². The fourth-order valence-corrected chi connectivity index (χ4v) is 2.57. The van der Waals surface area contributed by atoms with Crippen LogP contribution in [0.3, 0.4) is 0 Å². The number of aliphatic carboxylic acids is 1. The number of para-hydroxylation sites is 1. The lowest BCUT2D eigenvalue weighted by molar-refractivity contribution is -0.384. The summed E-state index contributed by atoms with van der Waals surface area (Å²) in [5.41, 5.74) is 5.86. The molecule has 21 heavy (non-hydrogen) atoms. The summed E-state index contributed by atoms with van der Waals surface area (Å²) < 4.78 is 0. The number of nitrogens with two attached hydrogens (primary N) is 1. The Bertz CT molecular complexity index is 516. The second-order valence-electron chi connectivity index (χ2n) is 5.33. The van der Waals surface area contributed by atoms with Crippen LogP contribution in [0, 0.1) is 16.0 Å². The van der Waals surface area contributed by atoms with E-state index in [2.05, 4.69) is 6.92 Å². The van der Waals surface area contributed by atoms with Crippen LogP contribution in [0.1, 0.15) is 51.0 Å². The molecular formula is C15H22N2O4. The zero-order valence-corrected chi connectivity index (χ0v) is 12.4. The Morgan fingerprint density at radius 1 is 1.43 bits per heavy atom. The van der Waals surface area contributed by atoms with Gasteiger partial charge in [-0.2, -0.15) is 0 Å². The topological polar surface area (TPSA) is 106 Å². The molecule has 1 aromatic rings. The highest BCUT2D eigenvalue weighted by Crippen LogP contribution is 2.36. The Balaban J connectivity index is 3.09. The van der Waals surface area contributed by atoms with E-state index in [4.69, 9.17) is 5.73 Å². The molecule has 1 rings (SSSR count). The molecule has 0 radical (unpaired) electrons. The first kappa shape index (κ1) is 16.9. The summed E-state index contributed by atoms with van der Waals surface area (Å²) in [5, 5.41) is 20.4. The van der Waals surface area contributed by atoms with Crippen LogP contribution in [0.5, 0.6) is 0 Å². The molecule has 0 aliphatic heterocycles. The van der Waals surface area contributed by atoms with Crippen molar-refractivity contribution in [3.63, 3.8) is 0 Å². The summed E-state index contributed by atoms with van der Waals surface area (Å²) in [7, 11) is 0. The number of nitro groups is 1. The summed E-state index contributed by atoms with van der Waals surface area (Å²) in [5.74, 6) is -1.94. The third-order valence-corrected chi connectivity index (χ3v) is 3.75. The van der Waals surface area contributed by atoms with Crippen LogP contribution in [-0.2, 0) is 4.79 Å². The maximum atomic E-state index is 11.6. The van der Waals surface area contributed by atoms with Gasteiger partial charge in [-0.1, -0.05) is 45.2 Å². The third-order valence-electron chi connectivity index (χ3n) is 3.75. The number of hydrogen-bond acceptors (Lipinski definition) is 4. The van der Waals surface area contributed by atoms with Gasteiger partial charge in [-0.3, -0.25) is 14.9 Å². The minimum atomic E-state index is -0.994. The Labute approximate surface area is 124 Å². The maximum absolute atomic E-state index is 11.6. The van der Waals surface area contributed by atoms with E-state index in [1.807, 2.05) is 6.92 Å². The lowest BCUT2D eigenvalue weighted by atomic mass is 9.83. The molecule has 6 nitrogen and oxygen atoms in total. The first-order valence-corrected chi connectivity index (χ1v) is 7.15. The standard InChI is InChI=1S/C15H22N2O4/c1-3-4-5-7-10(2)13(15(18)19)11-8-6-9-12(14(11)16)17(20)21/h6,8-10,13H,3-5,7,16H2,1-2H3,(H,18,19). The molecule has 0 heterocycles. The quantitative estimate of drug-likeness (QED) is 0.330. The minimum absolute atomic E-state index is 0.0442. The van der Waals surface area contributed by atoms with Gasteiger partial charge in [-0.25, -0.2) is 0 Å². The second kappa shape index (κ2) is 7.61. The van der Waals surface area contributed by atoms with Crippen LogP contribution in [0.25, 0.3) is 0 Å². The summed E-state index contributed by atoms with van der Waals surface area (Å²) in [4.78, 5) is 21.9. The molecular weight excluding hydrogens is 272 g/mol. The molecule has 2 atom stereocenters. The lowest BCUT2D eigenvalue weighted by Crippen LogP contribution is -2.21. The maximum Gasteiger partial charge on any atom is 0.311 e. The highest BCUT2D eigenvalue weighted by molar-refractivity contribution is 5.81. The van der Waals surface area contributed by atoms with Gasteiger partial charge >= 0.3 is 5.97 Å². The molecule has 116 valence electrons. The molecule has 2 unspecified atom stereocenters. The van der Waals surface area contributed by atoms with E-state index in [9.17, 15) is 20.0 Å². The van der Waals surface area contributed by atoms with Gasteiger partial charge in [0.1, 0.15) is 5.69 Å². The summed E-state index contributed by atoms with van der Waals surface area (Å²) in [6, 6.07) is 4.34. The molecule has 0 aliphatic carbocycles. The van der Waals surface area contributed by atoms with Gasteiger partial charge < -0.3 is 10.8 Å². The third kappa shape index (κ3) is 4.18. The highest BCUT2D eigenvalue weighted by Gasteiger charge is 2.30. The average Bonchev–Trinajstić information content (AvgIpc) is 2.40. The second-order valence-corrected chi connectivity index (χ2v) is 5.33. The van der Waals surface area contributed by atoms with Crippen molar-refractivity contribution >= 4 is 17.3 Å². The van der Waals surface area contributed by atoms with Crippen LogP contribution in [-0.4, -0.2) is 16.0 Å². The minimum Gasteiger partial charge on any atom is -0.481 e. The largest absolute Gasteiger partial charge is 0.481 e. The van der Waals surface area contributed by atoms with Gasteiger partial charge in [0.05, 0.1) is 10.8 Å². The van der Waals surface area contributed by atoms with Crippen molar-refractivity contribution in [3.05, 3.63) is 33.9 Å². The molecule has 6 heteroatoms. The number of carbonyl (C=O) groups is 1. The Morgan fingerprint density at radius 3 is 2.62 bits per heavy atom. The summed E-state index contributed by atoms with van der Waals surface area (Å²) in [6.07, 6.45) is 3.80. The van der Waals surface area contributed by atoms with Crippen LogP contribution in [0.4, 0.5) is 11.4 Å². The molecule has 0 fully saturated rings. The van der Waals surface area contributed by atoms with E-state index in [-0.39, 0.29) is 17.3 Å². The summed E-state index contributed by atoms with van der Waals surface area (Å²) >= 11 is 0. The smallest absolute Gasteiger partial charge is 0.311 e. The zero-order chi connectivity index (χ0) is 16.0. The number of nitrogens with zero attached hydrogens (tertiary/aromatic N) is 1. The first-order chi connectivity index (χ1) is 9.90. The highest BCUT2D eigenvalue weighted by atomic mass is 16.6. The van der Waals surface area contributed by atoms with Crippen molar-refractivity contribution in [2.45, 2.75) is 45.4 Å². The molecule has 0 spiro atoms. The van der Waals surface area contributed by atoms with Crippen LogP contribution in [0.15, 0.2) is 18.2 Å². The van der Waals surface area contributed by atoms with E-state index in [1.54, 1.807) is 6.07 Å². The number of benzene rings is 1. The number of nitrogen functional groups attached to an aromatic ring is 1. The fraction of sp³-hybridized carbons (Fsp3) is 0.533. The number of nitro benzene ring substituents is 1. The number of carboxylic acids is 1. The van der Waals surface area contributed by atoms with E-state index < -0.39 is 16.8 Å². The van der Waals surface area contributed by atoms with Gasteiger partial charge in [0.25, 0.3) is 5.69 Å². The Morgan fingerprint density at radius 2 is 2.10 bits per heavy atom. The van der Waals surface area contributed by atoms with Crippen LogP contribution >= 0.6 is 0 Å². The predicted octanol–water partition coefficient (Wildman–Crippen LogP) is 3.56. The molecule has 1 aromatic carbocycles. The molecule has 0 amide bonds. The molecule has 0 saturated heterocycles. The van der Waals surface area contributed by atoms with Crippen molar-refractivity contribution in [1.29, 1.82) is 0 Å². The molecule has 0 saturated carbocycles. The fourth-order valence-electron chi connectivity index (χ4n) is 2.57. The molecule has 0 aromatic heterocycles. The lowest BCUT2D eigenvalue weighted by Gasteiger charge is -2.21. The number of unbranched alkanes of at least 4 members (excludes halogenated alkanes) is 2. The molecule has 3 N–H and O–H groups in total.